The van der Waals surface area contributed by atoms with Crippen molar-refractivity contribution in [1.82, 2.24) is 9.55 Å². The number of hydrogen-bond donors (Lipinski definition) is 0. The van der Waals surface area contributed by atoms with Gasteiger partial charge >= 0.3 is 0 Å². The first kappa shape index (κ1) is 13.4. The highest BCUT2D eigenvalue weighted by Crippen LogP contribution is 2.12. The number of aromatic nitrogens is 2. The first-order chi connectivity index (χ1) is 9.08. The molecule has 0 fully saturated rings. The van der Waals surface area contributed by atoms with Gasteiger partial charge in [-0.05, 0) is 27.9 Å². The highest BCUT2D eigenvalue weighted by atomic mass is 79.9. The van der Waals surface area contributed by atoms with E-state index in [4.69, 9.17) is 0 Å². The molecular formula is C12H10BrN3O3. The van der Waals surface area contributed by atoms with Crippen LogP contribution in [-0.4, -0.2) is 14.5 Å². The summed E-state index contributed by atoms with van der Waals surface area (Å²) >= 11 is 3.13. The van der Waals surface area contributed by atoms with Gasteiger partial charge in [-0.3, -0.25) is 19.5 Å². The van der Waals surface area contributed by atoms with Crippen molar-refractivity contribution in [2.75, 3.05) is 0 Å². The monoisotopic (exact) mass is 323 g/mol. The summed E-state index contributed by atoms with van der Waals surface area (Å²) in [5, 5.41) is 10.5. The highest BCUT2D eigenvalue weighted by Gasteiger charge is 2.05. The molecule has 98 valence electrons. The maximum Gasteiger partial charge on any atom is 0.269 e. The highest BCUT2D eigenvalue weighted by molar-refractivity contribution is 9.10. The van der Waals surface area contributed by atoms with Gasteiger partial charge < -0.3 is 0 Å². The second-order valence-corrected chi connectivity index (χ2v) is 4.77. The van der Waals surface area contributed by atoms with Crippen molar-refractivity contribution in [2.45, 2.75) is 13.0 Å². The number of nitrogens with zero attached hydrogens (tertiary/aromatic N) is 3. The topological polar surface area (TPSA) is 78.0 Å². The van der Waals surface area contributed by atoms with Gasteiger partial charge in [-0.25, -0.2) is 4.98 Å². The van der Waals surface area contributed by atoms with Gasteiger partial charge in [0.1, 0.15) is 4.47 Å². The molecule has 0 amide bonds. The van der Waals surface area contributed by atoms with Crippen molar-refractivity contribution >= 4 is 21.6 Å². The Balaban J connectivity index is 2.08. The quantitative estimate of drug-likeness (QED) is 0.638. The summed E-state index contributed by atoms with van der Waals surface area (Å²) in [5.74, 6) is 0. The van der Waals surface area contributed by atoms with Gasteiger partial charge in [-0.15, -0.1) is 0 Å². The van der Waals surface area contributed by atoms with Crippen LogP contribution >= 0.6 is 15.9 Å². The fourth-order valence-corrected chi connectivity index (χ4v) is 1.96. The molecule has 0 radical (unpaired) electrons. The lowest BCUT2D eigenvalue weighted by molar-refractivity contribution is -0.384. The number of nitro benzene ring substituents is 1. The minimum absolute atomic E-state index is 0.0602. The van der Waals surface area contributed by atoms with Crippen molar-refractivity contribution in [2.24, 2.45) is 0 Å². The van der Waals surface area contributed by atoms with Crippen molar-refractivity contribution in [3.8, 4) is 0 Å². The Morgan fingerprint density at radius 2 is 2.00 bits per heavy atom. The van der Waals surface area contributed by atoms with E-state index in [1.807, 2.05) is 0 Å². The van der Waals surface area contributed by atoms with Gasteiger partial charge in [-0.1, -0.05) is 12.1 Å². The average molecular weight is 324 g/mol. The third-order valence-corrected chi connectivity index (χ3v) is 3.19. The number of benzene rings is 1. The van der Waals surface area contributed by atoms with E-state index < -0.39 is 4.92 Å². The number of halogens is 1. The number of nitro groups is 1. The van der Waals surface area contributed by atoms with Crippen LogP contribution in [-0.2, 0) is 13.0 Å². The zero-order valence-corrected chi connectivity index (χ0v) is 11.4. The smallest absolute Gasteiger partial charge is 0.269 e. The Labute approximate surface area is 117 Å². The molecule has 0 aliphatic rings. The van der Waals surface area contributed by atoms with E-state index in [1.165, 1.54) is 29.2 Å². The van der Waals surface area contributed by atoms with Crippen LogP contribution in [0.4, 0.5) is 5.69 Å². The Morgan fingerprint density at radius 1 is 1.32 bits per heavy atom. The summed E-state index contributed by atoms with van der Waals surface area (Å²) in [5.41, 5.74) is 0.847. The lowest BCUT2D eigenvalue weighted by atomic mass is 10.1. The fourth-order valence-electron chi connectivity index (χ4n) is 1.62. The van der Waals surface area contributed by atoms with Gasteiger partial charge in [0.15, 0.2) is 0 Å². The van der Waals surface area contributed by atoms with E-state index in [-0.39, 0.29) is 11.2 Å². The lowest BCUT2D eigenvalue weighted by Crippen LogP contribution is -2.21. The van der Waals surface area contributed by atoms with E-state index in [2.05, 4.69) is 20.9 Å². The predicted octanol–water partition coefficient (Wildman–Crippen LogP) is 2.16. The van der Waals surface area contributed by atoms with Crippen molar-refractivity contribution in [3.05, 3.63) is 67.3 Å². The first-order valence-corrected chi connectivity index (χ1v) is 6.30. The summed E-state index contributed by atoms with van der Waals surface area (Å²) < 4.78 is 1.91. The molecule has 2 rings (SSSR count). The molecule has 0 aliphatic heterocycles. The summed E-state index contributed by atoms with van der Waals surface area (Å²) in [6.45, 7) is 0.475. The van der Waals surface area contributed by atoms with E-state index >= 15 is 0 Å². The normalized spacial score (nSPS) is 10.4. The minimum Gasteiger partial charge on any atom is -0.298 e. The van der Waals surface area contributed by atoms with Crippen molar-refractivity contribution in [1.29, 1.82) is 0 Å². The van der Waals surface area contributed by atoms with Gasteiger partial charge in [-0.2, -0.15) is 0 Å². The van der Waals surface area contributed by atoms with E-state index in [0.717, 1.165) is 5.56 Å². The van der Waals surface area contributed by atoms with Crippen LogP contribution in [0.2, 0.25) is 0 Å². The molecule has 1 aromatic carbocycles. The molecule has 2 aromatic rings. The molecule has 19 heavy (non-hydrogen) atoms. The predicted molar refractivity (Wildman–Crippen MR) is 73.0 cm³/mol. The molecule has 0 saturated heterocycles. The van der Waals surface area contributed by atoms with Crippen LogP contribution in [0.3, 0.4) is 0 Å². The summed E-state index contributed by atoms with van der Waals surface area (Å²) in [4.78, 5) is 25.7. The number of non-ortho nitro benzene ring substituents is 1. The van der Waals surface area contributed by atoms with Crippen molar-refractivity contribution in [3.63, 3.8) is 0 Å². The molecule has 1 aromatic heterocycles. The minimum atomic E-state index is -0.438. The van der Waals surface area contributed by atoms with Gasteiger partial charge in [0.2, 0.25) is 0 Å². The summed E-state index contributed by atoms with van der Waals surface area (Å²) in [6.07, 6.45) is 3.53. The molecule has 6 nitrogen and oxygen atoms in total. The van der Waals surface area contributed by atoms with Gasteiger partial charge in [0.05, 0.1) is 11.3 Å². The first-order valence-electron chi connectivity index (χ1n) is 5.51. The van der Waals surface area contributed by atoms with Crippen molar-refractivity contribution < 1.29 is 4.92 Å². The molecule has 0 atom stereocenters. The molecule has 7 heteroatoms. The molecule has 0 unspecified atom stereocenters. The molecule has 0 spiro atoms. The maximum absolute atomic E-state index is 11.7. The third kappa shape index (κ3) is 3.25. The Bertz CT molecular complexity index is 652. The zero-order valence-electron chi connectivity index (χ0n) is 9.82. The van der Waals surface area contributed by atoms with Gasteiger partial charge in [0.25, 0.3) is 11.2 Å². The molecule has 0 N–H and O–H groups in total. The largest absolute Gasteiger partial charge is 0.298 e. The zero-order chi connectivity index (χ0) is 13.8. The standard InChI is InChI=1S/C12H10BrN3O3/c13-11-7-14-8-15(12(11)17)6-5-9-1-3-10(4-2-9)16(18)19/h1-4,7-8H,5-6H2. The fraction of sp³-hybridized carbons (Fsp3) is 0.167. The van der Waals surface area contributed by atoms with Gasteiger partial charge in [0, 0.05) is 24.9 Å². The van der Waals surface area contributed by atoms with E-state index in [0.29, 0.717) is 17.4 Å². The summed E-state index contributed by atoms with van der Waals surface area (Å²) in [7, 11) is 0. The Kier molecular flexibility index (Phi) is 4.06. The number of aryl methyl sites for hydroxylation is 2. The SMILES string of the molecule is O=c1c(Br)cncn1CCc1ccc([N+](=O)[O-])cc1. The molecule has 0 saturated carbocycles. The number of hydrogen-bond acceptors (Lipinski definition) is 4. The second kappa shape index (κ2) is 5.75. The second-order valence-electron chi connectivity index (χ2n) is 3.91. The van der Waals surface area contributed by atoms with Crippen LogP contribution in [0.1, 0.15) is 5.56 Å². The molecule has 0 aliphatic carbocycles. The van der Waals surface area contributed by atoms with Crippen LogP contribution in [0.5, 0.6) is 0 Å². The molecular weight excluding hydrogens is 314 g/mol. The Hall–Kier alpha value is -2.02. The average Bonchev–Trinajstić information content (AvgIpc) is 2.41. The number of rotatable bonds is 4. The molecule has 1 heterocycles. The maximum atomic E-state index is 11.7. The van der Waals surface area contributed by atoms with Crippen LogP contribution in [0.15, 0.2) is 46.1 Å². The van der Waals surface area contributed by atoms with Crippen LogP contribution in [0, 0.1) is 10.1 Å². The van der Waals surface area contributed by atoms with E-state index in [1.54, 1.807) is 12.1 Å². The molecule has 0 bridgehead atoms. The van der Waals surface area contributed by atoms with E-state index in [9.17, 15) is 14.9 Å². The Morgan fingerprint density at radius 3 is 2.63 bits per heavy atom. The third-order valence-electron chi connectivity index (χ3n) is 2.65. The van der Waals surface area contributed by atoms with Crippen LogP contribution < -0.4 is 5.56 Å². The lowest BCUT2D eigenvalue weighted by Gasteiger charge is -2.05. The summed E-state index contributed by atoms with van der Waals surface area (Å²) in [6, 6.07) is 6.29. The van der Waals surface area contributed by atoms with Crippen LogP contribution in [0.25, 0.3) is 0 Å².